The van der Waals surface area contributed by atoms with E-state index < -0.39 is 0 Å². The fourth-order valence-electron chi connectivity index (χ4n) is 1.11. The number of fused-ring (bicyclic) bond motifs is 1. The number of hydrogen-bond donors (Lipinski definition) is 0. The van der Waals surface area contributed by atoms with Crippen LogP contribution in [0.2, 0.25) is 0 Å². The summed E-state index contributed by atoms with van der Waals surface area (Å²) < 4.78 is 0. The summed E-state index contributed by atoms with van der Waals surface area (Å²) >= 11 is 0. The maximum Gasteiger partial charge on any atom is 0.225 e. The number of hydrogen-bond acceptors (Lipinski definition) is 4. The lowest BCUT2D eigenvalue weighted by Crippen LogP contribution is -2.24. The largest absolute Gasteiger partial charge is 0.315 e. The number of aliphatic imine (C=N–C) groups is 2. The molecule has 0 fully saturated rings. The molecule has 0 saturated carbocycles. The van der Waals surface area contributed by atoms with Gasteiger partial charge in [-0.05, 0) is 6.08 Å². The fourth-order valence-corrected chi connectivity index (χ4v) is 1.11. The highest BCUT2D eigenvalue weighted by molar-refractivity contribution is 5.96. The van der Waals surface area contributed by atoms with Gasteiger partial charge in [-0.15, -0.1) is 0 Å². The van der Waals surface area contributed by atoms with Crippen LogP contribution in [0, 0.1) is 0 Å². The molecule has 0 aromatic rings. The van der Waals surface area contributed by atoms with Crippen molar-refractivity contribution in [1.29, 1.82) is 0 Å². The van der Waals surface area contributed by atoms with E-state index >= 15 is 0 Å². The molecule has 2 rings (SSSR count). The van der Waals surface area contributed by atoms with Crippen molar-refractivity contribution >= 4 is 18.5 Å². The molecule has 2 heterocycles. The molecule has 0 aromatic carbocycles. The number of guanidine groups is 1. The molecular weight excluding hydrogens is 142 g/mol. The number of carbonyl (C=O) groups is 1. The van der Waals surface area contributed by atoms with Crippen molar-refractivity contribution in [2.75, 3.05) is 6.54 Å². The Morgan fingerprint density at radius 1 is 1.73 bits per heavy atom. The van der Waals surface area contributed by atoms with Crippen LogP contribution in [0.4, 0.5) is 0 Å². The highest BCUT2D eigenvalue weighted by Gasteiger charge is 2.22. The van der Waals surface area contributed by atoms with Gasteiger partial charge in [0, 0.05) is 12.4 Å². The average molecular weight is 149 g/mol. The molecule has 0 radical (unpaired) electrons. The summed E-state index contributed by atoms with van der Waals surface area (Å²) in [5.41, 5.74) is 0. The van der Waals surface area contributed by atoms with Gasteiger partial charge in [0.25, 0.3) is 0 Å². The van der Waals surface area contributed by atoms with E-state index in [1.54, 1.807) is 6.21 Å². The Bertz CT molecular complexity index is 267. The number of rotatable bonds is 1. The quantitative estimate of drug-likeness (QED) is 0.485. The van der Waals surface area contributed by atoms with Crippen molar-refractivity contribution in [3.8, 4) is 0 Å². The minimum atomic E-state index is -0.232. The third-order valence-electron chi connectivity index (χ3n) is 1.62. The van der Waals surface area contributed by atoms with Crippen molar-refractivity contribution in [3.63, 3.8) is 0 Å². The predicted octanol–water partition coefficient (Wildman–Crippen LogP) is -0.176. The summed E-state index contributed by atoms with van der Waals surface area (Å²) in [4.78, 5) is 20.2. The van der Waals surface area contributed by atoms with Gasteiger partial charge >= 0.3 is 0 Å². The second-order valence-electron chi connectivity index (χ2n) is 2.40. The lowest BCUT2D eigenvalue weighted by atomic mass is 10.3. The topological polar surface area (TPSA) is 45.0 Å². The van der Waals surface area contributed by atoms with E-state index in [1.807, 2.05) is 17.2 Å². The summed E-state index contributed by atoms with van der Waals surface area (Å²) in [7, 11) is 0. The zero-order chi connectivity index (χ0) is 7.68. The van der Waals surface area contributed by atoms with E-state index in [2.05, 4.69) is 9.98 Å². The normalized spacial score (nSPS) is 26.7. The standard InChI is InChI=1S/C7H7N3O/c11-5-6-4-10-3-1-2-8-7(10)9-6/h1-3,5-6H,4H2. The minimum Gasteiger partial charge on any atom is -0.315 e. The molecule has 2 aliphatic rings. The molecule has 0 spiro atoms. The van der Waals surface area contributed by atoms with Gasteiger partial charge in [0.15, 0.2) is 0 Å². The van der Waals surface area contributed by atoms with Gasteiger partial charge in [-0.3, -0.25) is 0 Å². The van der Waals surface area contributed by atoms with E-state index in [9.17, 15) is 4.79 Å². The van der Waals surface area contributed by atoms with Crippen LogP contribution in [-0.2, 0) is 4.79 Å². The summed E-state index contributed by atoms with van der Waals surface area (Å²) in [5.74, 6) is 0.643. The Labute approximate surface area is 63.9 Å². The summed E-state index contributed by atoms with van der Waals surface area (Å²) in [5, 5.41) is 0. The number of aldehydes is 1. The monoisotopic (exact) mass is 149 g/mol. The van der Waals surface area contributed by atoms with E-state index in [4.69, 9.17) is 0 Å². The molecule has 0 aromatic heterocycles. The Morgan fingerprint density at radius 2 is 2.64 bits per heavy atom. The predicted molar refractivity (Wildman–Crippen MR) is 41.6 cm³/mol. The molecule has 1 atom stereocenters. The van der Waals surface area contributed by atoms with Gasteiger partial charge in [0.2, 0.25) is 5.96 Å². The van der Waals surface area contributed by atoms with Gasteiger partial charge in [0.05, 0.1) is 6.54 Å². The molecule has 11 heavy (non-hydrogen) atoms. The average Bonchev–Trinajstić information content (AvgIpc) is 2.46. The van der Waals surface area contributed by atoms with Crippen LogP contribution in [0.15, 0.2) is 22.3 Å². The van der Waals surface area contributed by atoms with Crippen molar-refractivity contribution in [1.82, 2.24) is 4.90 Å². The van der Waals surface area contributed by atoms with E-state index in [1.165, 1.54) is 0 Å². The lowest BCUT2D eigenvalue weighted by Gasteiger charge is -2.13. The first-order chi connectivity index (χ1) is 5.40. The Balaban J connectivity index is 2.25. The first kappa shape index (κ1) is 6.27. The molecular formula is C7H7N3O. The van der Waals surface area contributed by atoms with Gasteiger partial charge in [0.1, 0.15) is 12.3 Å². The van der Waals surface area contributed by atoms with Crippen LogP contribution in [0.3, 0.4) is 0 Å². The zero-order valence-electron chi connectivity index (χ0n) is 5.84. The number of carbonyl (C=O) groups excluding carboxylic acids is 1. The Hall–Kier alpha value is -1.45. The fraction of sp³-hybridized carbons (Fsp3) is 0.286. The van der Waals surface area contributed by atoms with Crippen molar-refractivity contribution in [2.24, 2.45) is 9.98 Å². The number of allylic oxidation sites excluding steroid dienone is 1. The zero-order valence-corrected chi connectivity index (χ0v) is 5.84. The van der Waals surface area contributed by atoms with Crippen molar-refractivity contribution in [2.45, 2.75) is 6.04 Å². The van der Waals surface area contributed by atoms with Crippen LogP contribution >= 0.6 is 0 Å². The molecule has 56 valence electrons. The highest BCUT2D eigenvalue weighted by Crippen LogP contribution is 2.10. The molecule has 1 unspecified atom stereocenters. The van der Waals surface area contributed by atoms with E-state index in [0.717, 1.165) is 6.29 Å². The maximum atomic E-state index is 10.3. The molecule has 0 aliphatic carbocycles. The number of nitrogens with zero attached hydrogens (tertiary/aromatic N) is 3. The van der Waals surface area contributed by atoms with Crippen LogP contribution in [0.25, 0.3) is 0 Å². The molecule has 0 amide bonds. The minimum absolute atomic E-state index is 0.232. The Kier molecular flexibility index (Phi) is 1.31. The second-order valence-corrected chi connectivity index (χ2v) is 2.40. The third kappa shape index (κ3) is 0.960. The molecule has 4 heteroatoms. The van der Waals surface area contributed by atoms with Crippen molar-refractivity contribution < 1.29 is 4.79 Å². The molecule has 4 nitrogen and oxygen atoms in total. The second kappa shape index (κ2) is 2.30. The van der Waals surface area contributed by atoms with E-state index in [-0.39, 0.29) is 6.04 Å². The molecule has 2 aliphatic heterocycles. The van der Waals surface area contributed by atoms with Crippen LogP contribution < -0.4 is 0 Å². The van der Waals surface area contributed by atoms with Gasteiger partial charge in [-0.2, -0.15) is 0 Å². The smallest absolute Gasteiger partial charge is 0.225 e. The van der Waals surface area contributed by atoms with Crippen LogP contribution in [-0.4, -0.2) is 35.9 Å². The third-order valence-corrected chi connectivity index (χ3v) is 1.62. The highest BCUT2D eigenvalue weighted by atomic mass is 16.1. The van der Waals surface area contributed by atoms with Gasteiger partial charge < -0.3 is 9.69 Å². The molecule has 0 N–H and O–H groups in total. The van der Waals surface area contributed by atoms with Crippen LogP contribution in [0.5, 0.6) is 0 Å². The summed E-state index contributed by atoms with van der Waals surface area (Å²) in [6.45, 7) is 0.632. The lowest BCUT2D eigenvalue weighted by molar-refractivity contribution is -0.108. The van der Waals surface area contributed by atoms with Gasteiger partial charge in [-0.25, -0.2) is 9.98 Å². The Morgan fingerprint density at radius 3 is 3.36 bits per heavy atom. The maximum absolute atomic E-state index is 10.3. The van der Waals surface area contributed by atoms with Crippen LogP contribution in [0.1, 0.15) is 0 Å². The SMILES string of the molecule is O=CC1CN2C=CC=NC2=N1. The summed E-state index contributed by atoms with van der Waals surface area (Å²) in [6, 6.07) is -0.232. The first-order valence-electron chi connectivity index (χ1n) is 3.41. The molecule has 0 saturated heterocycles. The summed E-state index contributed by atoms with van der Waals surface area (Å²) in [6.07, 6.45) is 6.21. The first-order valence-corrected chi connectivity index (χ1v) is 3.41. The van der Waals surface area contributed by atoms with Crippen molar-refractivity contribution in [3.05, 3.63) is 12.3 Å². The van der Waals surface area contributed by atoms with E-state index in [0.29, 0.717) is 12.5 Å². The molecule has 0 bridgehead atoms. The van der Waals surface area contributed by atoms with Gasteiger partial charge in [-0.1, -0.05) is 0 Å².